The van der Waals surface area contributed by atoms with Gasteiger partial charge in [-0.2, -0.15) is 13.2 Å². The van der Waals surface area contributed by atoms with Crippen LogP contribution in [0.4, 0.5) is 28.9 Å². The standard InChI is InChI=1S/C23H19ClF4N6O3/c24-14-1-2-18(16(5-14)23(26,27)28)33-15-6-17(25)19(31-9-15)10-32-21(36)22(3-4-37-11-22)34-20(35)13-7-29-12-30-8-13/h1-2,5-9,12,33H,3-4,10-11H2,(H,32,36)(H,34,35)/t22-/m0/s1. The van der Waals surface area contributed by atoms with Crippen molar-refractivity contribution in [2.24, 2.45) is 0 Å². The monoisotopic (exact) mass is 538 g/mol. The van der Waals surface area contributed by atoms with Crippen molar-refractivity contribution < 1.29 is 31.9 Å². The number of aromatic nitrogens is 3. The predicted molar refractivity (Wildman–Crippen MR) is 123 cm³/mol. The van der Waals surface area contributed by atoms with Crippen molar-refractivity contribution in [3.63, 3.8) is 0 Å². The van der Waals surface area contributed by atoms with E-state index in [1.165, 1.54) is 24.8 Å². The molecule has 2 amide bonds. The molecule has 1 aliphatic rings. The maximum atomic E-state index is 14.7. The van der Waals surface area contributed by atoms with Crippen LogP contribution in [0.1, 0.15) is 28.0 Å². The van der Waals surface area contributed by atoms with Gasteiger partial charge in [0.05, 0.1) is 47.5 Å². The number of nitrogens with zero attached hydrogens (tertiary/aromatic N) is 3. The maximum absolute atomic E-state index is 14.7. The van der Waals surface area contributed by atoms with Gasteiger partial charge in [-0.1, -0.05) is 11.6 Å². The molecule has 0 aliphatic carbocycles. The number of carbonyl (C=O) groups excluding carboxylic acids is 2. The van der Waals surface area contributed by atoms with Gasteiger partial charge in [0.2, 0.25) is 5.91 Å². The first-order valence-corrected chi connectivity index (χ1v) is 11.2. The van der Waals surface area contributed by atoms with E-state index in [1.807, 2.05) is 0 Å². The van der Waals surface area contributed by atoms with Crippen LogP contribution in [-0.2, 0) is 22.3 Å². The molecule has 1 saturated heterocycles. The molecule has 194 valence electrons. The summed E-state index contributed by atoms with van der Waals surface area (Å²) in [5.74, 6) is -2.06. The van der Waals surface area contributed by atoms with Gasteiger partial charge in [0, 0.05) is 36.5 Å². The van der Waals surface area contributed by atoms with Crippen LogP contribution in [0.25, 0.3) is 0 Å². The van der Waals surface area contributed by atoms with Gasteiger partial charge in [-0.05, 0) is 18.2 Å². The molecule has 1 atom stereocenters. The number of anilines is 2. The van der Waals surface area contributed by atoms with Gasteiger partial charge < -0.3 is 20.7 Å². The smallest absolute Gasteiger partial charge is 0.378 e. The third-order valence-corrected chi connectivity index (χ3v) is 5.77. The molecule has 4 rings (SSSR count). The molecule has 14 heteroatoms. The number of benzene rings is 1. The molecule has 1 fully saturated rings. The molecular weight excluding hydrogens is 520 g/mol. The number of ether oxygens (including phenoxy) is 1. The van der Waals surface area contributed by atoms with Gasteiger partial charge in [0.15, 0.2) is 0 Å². The van der Waals surface area contributed by atoms with Crippen molar-refractivity contribution in [1.29, 1.82) is 0 Å². The second-order valence-electron chi connectivity index (χ2n) is 8.11. The molecule has 0 saturated carbocycles. The van der Waals surface area contributed by atoms with Gasteiger partial charge in [-0.15, -0.1) is 0 Å². The fourth-order valence-electron chi connectivity index (χ4n) is 3.62. The van der Waals surface area contributed by atoms with Crippen molar-refractivity contribution >= 4 is 34.8 Å². The van der Waals surface area contributed by atoms with Gasteiger partial charge in [0.1, 0.15) is 17.7 Å². The summed E-state index contributed by atoms with van der Waals surface area (Å²) in [4.78, 5) is 37.0. The molecule has 3 aromatic rings. The van der Waals surface area contributed by atoms with Crippen molar-refractivity contribution in [3.05, 3.63) is 76.8 Å². The first-order chi connectivity index (χ1) is 17.6. The summed E-state index contributed by atoms with van der Waals surface area (Å²) in [5, 5.41) is 7.55. The fourth-order valence-corrected chi connectivity index (χ4v) is 3.79. The molecule has 0 unspecified atom stereocenters. The average Bonchev–Trinajstić information content (AvgIpc) is 3.34. The zero-order valence-corrected chi connectivity index (χ0v) is 19.7. The average molecular weight is 539 g/mol. The van der Waals surface area contributed by atoms with Crippen molar-refractivity contribution in [3.8, 4) is 0 Å². The number of hydrogen-bond donors (Lipinski definition) is 3. The van der Waals surface area contributed by atoms with E-state index in [-0.39, 0.29) is 53.8 Å². The number of rotatable bonds is 7. The molecule has 1 aromatic carbocycles. The van der Waals surface area contributed by atoms with E-state index >= 15 is 0 Å². The maximum Gasteiger partial charge on any atom is 0.418 e. The minimum Gasteiger partial charge on any atom is -0.378 e. The second kappa shape index (κ2) is 10.6. The van der Waals surface area contributed by atoms with Crippen LogP contribution in [0.2, 0.25) is 5.02 Å². The third kappa shape index (κ3) is 6.12. The summed E-state index contributed by atoms with van der Waals surface area (Å²) >= 11 is 5.68. The highest BCUT2D eigenvalue weighted by Crippen LogP contribution is 2.37. The van der Waals surface area contributed by atoms with E-state index in [0.29, 0.717) is 0 Å². The lowest BCUT2D eigenvalue weighted by atomic mass is 9.96. The molecule has 9 nitrogen and oxygen atoms in total. The van der Waals surface area contributed by atoms with Crippen LogP contribution in [-0.4, -0.2) is 45.5 Å². The Kier molecular flexibility index (Phi) is 7.55. The highest BCUT2D eigenvalue weighted by atomic mass is 35.5. The van der Waals surface area contributed by atoms with Gasteiger partial charge >= 0.3 is 6.18 Å². The fraction of sp³-hybridized carbons (Fsp3) is 0.261. The van der Waals surface area contributed by atoms with Crippen LogP contribution in [0.5, 0.6) is 0 Å². The Labute approximate surface area is 212 Å². The summed E-state index contributed by atoms with van der Waals surface area (Å²) in [5.41, 5.74) is -2.81. The lowest BCUT2D eigenvalue weighted by molar-refractivity contribution is -0.137. The minimum absolute atomic E-state index is 0.0431. The number of pyridine rings is 1. The van der Waals surface area contributed by atoms with Gasteiger partial charge in [-0.3, -0.25) is 14.6 Å². The second-order valence-corrected chi connectivity index (χ2v) is 8.55. The minimum atomic E-state index is -4.69. The van der Waals surface area contributed by atoms with E-state index < -0.39 is 34.9 Å². The van der Waals surface area contributed by atoms with Crippen LogP contribution in [0.3, 0.4) is 0 Å². The van der Waals surface area contributed by atoms with Crippen molar-refractivity contribution in [1.82, 2.24) is 25.6 Å². The van der Waals surface area contributed by atoms with Crippen LogP contribution in [0, 0.1) is 5.82 Å². The van der Waals surface area contributed by atoms with Gasteiger partial charge in [0.25, 0.3) is 5.91 Å². The van der Waals surface area contributed by atoms with Gasteiger partial charge in [-0.25, -0.2) is 14.4 Å². The molecule has 0 spiro atoms. The normalized spacial score (nSPS) is 17.3. The van der Waals surface area contributed by atoms with E-state index in [0.717, 1.165) is 24.4 Å². The zero-order valence-electron chi connectivity index (χ0n) is 18.9. The SMILES string of the molecule is O=C(N[C@@]1(C(=O)NCc2ncc(Nc3ccc(Cl)cc3C(F)(F)F)cc2F)CCOC1)c1cncnc1. The predicted octanol–water partition coefficient (Wildman–Crippen LogP) is 3.63. The number of amides is 2. The van der Waals surface area contributed by atoms with Crippen LogP contribution >= 0.6 is 11.6 Å². The molecule has 3 heterocycles. The Morgan fingerprint density at radius 1 is 1.14 bits per heavy atom. The Morgan fingerprint density at radius 3 is 2.54 bits per heavy atom. The Balaban J connectivity index is 1.44. The molecule has 2 aromatic heterocycles. The van der Waals surface area contributed by atoms with E-state index in [9.17, 15) is 27.2 Å². The van der Waals surface area contributed by atoms with Crippen LogP contribution in [0.15, 0.2) is 49.2 Å². The molecular formula is C23H19ClF4N6O3. The molecule has 0 bridgehead atoms. The summed E-state index contributed by atoms with van der Waals surface area (Å²) in [6.07, 6.45) is 0.461. The quantitative estimate of drug-likeness (QED) is 0.393. The summed E-state index contributed by atoms with van der Waals surface area (Å²) in [6.45, 7) is -0.220. The molecule has 1 aliphatic heterocycles. The highest BCUT2D eigenvalue weighted by Gasteiger charge is 2.44. The summed E-state index contributed by atoms with van der Waals surface area (Å²) < 4.78 is 60.0. The van der Waals surface area contributed by atoms with E-state index in [1.54, 1.807) is 0 Å². The first-order valence-electron chi connectivity index (χ1n) is 10.8. The summed E-state index contributed by atoms with van der Waals surface area (Å²) in [7, 11) is 0. The van der Waals surface area contributed by atoms with Crippen LogP contribution < -0.4 is 16.0 Å². The lowest BCUT2D eigenvalue weighted by Gasteiger charge is -2.27. The van der Waals surface area contributed by atoms with E-state index in [2.05, 4.69) is 30.9 Å². The Hall–Kier alpha value is -3.84. The van der Waals surface area contributed by atoms with E-state index in [4.69, 9.17) is 16.3 Å². The Morgan fingerprint density at radius 2 is 1.89 bits per heavy atom. The number of nitrogens with one attached hydrogen (secondary N) is 3. The number of carbonyl (C=O) groups is 2. The highest BCUT2D eigenvalue weighted by molar-refractivity contribution is 6.30. The number of halogens is 5. The van der Waals surface area contributed by atoms with Crippen molar-refractivity contribution in [2.45, 2.75) is 24.7 Å². The zero-order chi connectivity index (χ0) is 26.6. The largest absolute Gasteiger partial charge is 0.418 e. The topological polar surface area (TPSA) is 118 Å². The first kappa shape index (κ1) is 26.2. The molecule has 0 radical (unpaired) electrons. The Bertz CT molecular complexity index is 1300. The molecule has 37 heavy (non-hydrogen) atoms. The molecule has 3 N–H and O–H groups in total. The lowest BCUT2D eigenvalue weighted by Crippen LogP contribution is -2.59. The summed E-state index contributed by atoms with van der Waals surface area (Å²) in [6, 6.07) is 4.09. The van der Waals surface area contributed by atoms with Crippen molar-refractivity contribution in [2.75, 3.05) is 18.5 Å². The number of alkyl halides is 3. The third-order valence-electron chi connectivity index (χ3n) is 5.53. The number of hydrogen-bond acceptors (Lipinski definition) is 7.